The highest BCUT2D eigenvalue weighted by atomic mass is 35.5. The van der Waals surface area contributed by atoms with Crippen molar-refractivity contribution >= 4 is 29.0 Å². The Balaban J connectivity index is 0.000000720. The number of hydrogen-bond donors (Lipinski definition) is 1. The minimum Gasteiger partial charge on any atom is -0.398 e. The third kappa shape index (κ3) is 1.12. The fraction of sp³-hybridized carbons (Fsp3) is 0.125. The molecule has 1 aromatic carbocycles. The summed E-state index contributed by atoms with van der Waals surface area (Å²) in [4.78, 5) is 0. The SMILES string of the molecule is Cl.Cn1ncc2c(N)cccc21. The fourth-order valence-corrected chi connectivity index (χ4v) is 1.20. The van der Waals surface area contributed by atoms with Crippen molar-refractivity contribution in [3.63, 3.8) is 0 Å². The quantitative estimate of drug-likeness (QED) is 0.631. The van der Waals surface area contributed by atoms with Crippen molar-refractivity contribution in [3.05, 3.63) is 24.4 Å². The molecule has 0 unspecified atom stereocenters. The molecule has 2 rings (SSSR count). The Morgan fingerprint density at radius 3 is 2.83 bits per heavy atom. The Morgan fingerprint density at radius 1 is 1.42 bits per heavy atom. The second-order valence-corrected chi connectivity index (χ2v) is 2.55. The number of fused-ring (bicyclic) bond motifs is 1. The molecular formula is C8H10ClN3. The molecule has 2 aromatic rings. The van der Waals surface area contributed by atoms with Crippen LogP contribution in [0.3, 0.4) is 0 Å². The van der Waals surface area contributed by atoms with Crippen molar-refractivity contribution < 1.29 is 0 Å². The van der Waals surface area contributed by atoms with Crippen molar-refractivity contribution in [2.75, 3.05) is 5.73 Å². The lowest BCUT2D eigenvalue weighted by molar-refractivity contribution is 0.797. The molecule has 0 spiro atoms. The summed E-state index contributed by atoms with van der Waals surface area (Å²) in [6.45, 7) is 0. The largest absolute Gasteiger partial charge is 0.398 e. The second-order valence-electron chi connectivity index (χ2n) is 2.55. The molecule has 3 nitrogen and oxygen atoms in total. The van der Waals surface area contributed by atoms with E-state index in [0.717, 1.165) is 16.6 Å². The van der Waals surface area contributed by atoms with Gasteiger partial charge >= 0.3 is 0 Å². The maximum atomic E-state index is 5.72. The number of halogens is 1. The van der Waals surface area contributed by atoms with Crippen molar-refractivity contribution in [2.45, 2.75) is 0 Å². The van der Waals surface area contributed by atoms with Crippen LogP contribution in [0.5, 0.6) is 0 Å². The smallest absolute Gasteiger partial charge is 0.0699 e. The van der Waals surface area contributed by atoms with E-state index in [1.165, 1.54) is 0 Å². The van der Waals surface area contributed by atoms with Gasteiger partial charge in [0.25, 0.3) is 0 Å². The third-order valence-electron chi connectivity index (χ3n) is 1.83. The molecule has 12 heavy (non-hydrogen) atoms. The first-order valence-corrected chi connectivity index (χ1v) is 3.45. The first-order valence-electron chi connectivity index (χ1n) is 3.45. The van der Waals surface area contributed by atoms with Crippen molar-refractivity contribution in [3.8, 4) is 0 Å². The van der Waals surface area contributed by atoms with Crippen LogP contribution in [0.1, 0.15) is 0 Å². The van der Waals surface area contributed by atoms with Crippen LogP contribution in [-0.2, 0) is 7.05 Å². The van der Waals surface area contributed by atoms with Gasteiger partial charge in [0.2, 0.25) is 0 Å². The molecule has 1 aromatic heterocycles. The average molecular weight is 184 g/mol. The highest BCUT2D eigenvalue weighted by Gasteiger charge is 1.99. The van der Waals surface area contributed by atoms with Gasteiger partial charge in [-0.1, -0.05) is 6.07 Å². The second kappa shape index (κ2) is 3.03. The minimum absolute atomic E-state index is 0. The maximum absolute atomic E-state index is 5.72. The summed E-state index contributed by atoms with van der Waals surface area (Å²) in [6, 6.07) is 5.81. The van der Waals surface area contributed by atoms with E-state index in [1.807, 2.05) is 29.9 Å². The van der Waals surface area contributed by atoms with Gasteiger partial charge in [-0.3, -0.25) is 4.68 Å². The van der Waals surface area contributed by atoms with Gasteiger partial charge in [-0.2, -0.15) is 5.10 Å². The molecule has 0 saturated carbocycles. The molecule has 4 heteroatoms. The summed E-state index contributed by atoms with van der Waals surface area (Å²) in [5, 5.41) is 5.12. The predicted molar refractivity (Wildman–Crippen MR) is 52.4 cm³/mol. The summed E-state index contributed by atoms with van der Waals surface area (Å²) in [5.74, 6) is 0. The zero-order chi connectivity index (χ0) is 7.84. The van der Waals surface area contributed by atoms with Gasteiger partial charge in [-0.05, 0) is 12.1 Å². The molecule has 0 bridgehead atoms. The molecule has 0 aliphatic heterocycles. The predicted octanol–water partition coefficient (Wildman–Crippen LogP) is 1.58. The number of nitrogens with zero attached hydrogens (tertiary/aromatic N) is 2. The van der Waals surface area contributed by atoms with Crippen LogP contribution in [0, 0.1) is 0 Å². The number of nitrogen functional groups attached to an aromatic ring is 1. The monoisotopic (exact) mass is 183 g/mol. The van der Waals surface area contributed by atoms with Crippen molar-refractivity contribution in [1.82, 2.24) is 9.78 Å². The van der Waals surface area contributed by atoms with E-state index in [0.29, 0.717) is 0 Å². The van der Waals surface area contributed by atoms with E-state index >= 15 is 0 Å². The zero-order valence-corrected chi connectivity index (χ0v) is 7.51. The highest BCUT2D eigenvalue weighted by molar-refractivity contribution is 5.89. The molecule has 0 fully saturated rings. The summed E-state index contributed by atoms with van der Waals surface area (Å²) >= 11 is 0. The van der Waals surface area contributed by atoms with Crippen molar-refractivity contribution in [2.24, 2.45) is 7.05 Å². The van der Waals surface area contributed by atoms with Gasteiger partial charge < -0.3 is 5.73 Å². The number of anilines is 1. The maximum Gasteiger partial charge on any atom is 0.0699 e. The van der Waals surface area contributed by atoms with Gasteiger partial charge in [0.1, 0.15) is 0 Å². The normalized spacial score (nSPS) is 9.75. The van der Waals surface area contributed by atoms with Gasteiger partial charge in [-0.25, -0.2) is 0 Å². The lowest BCUT2D eigenvalue weighted by atomic mass is 10.2. The van der Waals surface area contributed by atoms with E-state index in [9.17, 15) is 0 Å². The molecule has 1 heterocycles. The third-order valence-corrected chi connectivity index (χ3v) is 1.83. The summed E-state index contributed by atoms with van der Waals surface area (Å²) < 4.78 is 1.81. The molecule has 2 N–H and O–H groups in total. The summed E-state index contributed by atoms with van der Waals surface area (Å²) in [6.07, 6.45) is 1.78. The average Bonchev–Trinajstić information content (AvgIpc) is 2.35. The number of rotatable bonds is 0. The van der Waals surface area contributed by atoms with Crippen LogP contribution >= 0.6 is 12.4 Å². The zero-order valence-electron chi connectivity index (χ0n) is 6.69. The van der Waals surface area contributed by atoms with E-state index in [4.69, 9.17) is 5.73 Å². The van der Waals surface area contributed by atoms with Crippen LogP contribution in [0.2, 0.25) is 0 Å². The standard InChI is InChI=1S/C8H9N3.ClH/c1-11-8-4-2-3-7(9)6(8)5-10-11;/h2-5H,9H2,1H3;1H. The number of benzene rings is 1. The number of aryl methyl sites for hydroxylation is 1. The minimum atomic E-state index is 0. The molecule has 64 valence electrons. The van der Waals surface area contributed by atoms with Gasteiger partial charge in [0.15, 0.2) is 0 Å². The molecule has 0 amide bonds. The fourth-order valence-electron chi connectivity index (χ4n) is 1.20. The first kappa shape index (κ1) is 8.87. The Labute approximate surface area is 76.6 Å². The van der Waals surface area contributed by atoms with Crippen LogP contribution in [-0.4, -0.2) is 9.78 Å². The molecular weight excluding hydrogens is 174 g/mol. The Morgan fingerprint density at radius 2 is 2.17 bits per heavy atom. The van der Waals surface area contributed by atoms with Crippen LogP contribution in [0.15, 0.2) is 24.4 Å². The number of hydrogen-bond acceptors (Lipinski definition) is 2. The topological polar surface area (TPSA) is 43.8 Å². The van der Waals surface area contributed by atoms with Gasteiger partial charge in [0, 0.05) is 18.1 Å². The number of nitrogens with two attached hydrogens (primary N) is 1. The highest BCUT2D eigenvalue weighted by Crippen LogP contribution is 2.18. The van der Waals surface area contributed by atoms with E-state index in [2.05, 4.69) is 5.10 Å². The van der Waals surface area contributed by atoms with Gasteiger partial charge in [0.05, 0.1) is 11.7 Å². The molecule has 0 atom stereocenters. The Bertz CT molecular complexity index is 394. The first-order chi connectivity index (χ1) is 5.29. The van der Waals surface area contributed by atoms with E-state index in [-0.39, 0.29) is 12.4 Å². The van der Waals surface area contributed by atoms with Crippen LogP contribution < -0.4 is 5.73 Å². The van der Waals surface area contributed by atoms with Crippen molar-refractivity contribution in [1.29, 1.82) is 0 Å². The molecule has 0 aliphatic rings. The summed E-state index contributed by atoms with van der Waals surface area (Å²) in [5.41, 5.74) is 7.58. The Kier molecular flexibility index (Phi) is 2.24. The lowest BCUT2D eigenvalue weighted by Gasteiger charge is -1.95. The molecule has 0 aliphatic carbocycles. The van der Waals surface area contributed by atoms with Crippen LogP contribution in [0.25, 0.3) is 10.9 Å². The molecule has 0 radical (unpaired) electrons. The summed E-state index contributed by atoms with van der Waals surface area (Å²) in [7, 11) is 1.90. The van der Waals surface area contributed by atoms with E-state index < -0.39 is 0 Å². The van der Waals surface area contributed by atoms with Gasteiger partial charge in [-0.15, -0.1) is 12.4 Å². The Hall–Kier alpha value is -1.22. The number of aromatic nitrogens is 2. The van der Waals surface area contributed by atoms with Crippen LogP contribution in [0.4, 0.5) is 5.69 Å². The van der Waals surface area contributed by atoms with E-state index in [1.54, 1.807) is 6.20 Å². The lowest BCUT2D eigenvalue weighted by Crippen LogP contribution is -1.89. The molecule has 0 saturated heterocycles.